The fourth-order valence-electron chi connectivity index (χ4n) is 2.95. The van der Waals surface area contributed by atoms with Gasteiger partial charge in [0.1, 0.15) is 11.6 Å². The Morgan fingerprint density at radius 2 is 2.25 bits per heavy atom. The fraction of sp³-hybridized carbons (Fsp3) is 0.769. The number of carboxylic acids is 1. The second-order valence-electron chi connectivity index (χ2n) is 5.44. The summed E-state index contributed by atoms with van der Waals surface area (Å²) in [6, 6.07) is 0.114. The van der Waals surface area contributed by atoms with Crippen LogP contribution in [-0.2, 0) is 24.3 Å². The maximum atomic E-state index is 11.0. The first-order valence-electron chi connectivity index (χ1n) is 7.18. The number of rotatable bonds is 4. The van der Waals surface area contributed by atoms with Crippen molar-refractivity contribution < 1.29 is 9.90 Å². The van der Waals surface area contributed by atoms with Gasteiger partial charge in [0.05, 0.1) is 13.0 Å². The molecule has 2 aliphatic heterocycles. The predicted molar refractivity (Wildman–Crippen MR) is 76.7 cm³/mol. The molecule has 6 nitrogen and oxygen atoms in total. The Morgan fingerprint density at radius 3 is 3.10 bits per heavy atom. The van der Waals surface area contributed by atoms with Crippen molar-refractivity contribution in [1.82, 2.24) is 19.7 Å². The molecule has 0 aromatic carbocycles. The standard InChI is InChI=1S/C13H20N4O2S/c18-13(19)7-10-9-20-6-5-16(10)8-12-15-14-11-3-1-2-4-17(11)12/h10H,1-9H2,(H,18,19). The van der Waals surface area contributed by atoms with E-state index in [0.29, 0.717) is 0 Å². The Labute approximate surface area is 122 Å². The minimum Gasteiger partial charge on any atom is -0.481 e. The van der Waals surface area contributed by atoms with Crippen LogP contribution in [0.5, 0.6) is 0 Å². The largest absolute Gasteiger partial charge is 0.481 e. The van der Waals surface area contributed by atoms with Gasteiger partial charge in [0, 0.05) is 37.1 Å². The Bertz CT molecular complexity index is 491. The van der Waals surface area contributed by atoms with Crippen molar-refractivity contribution in [3.8, 4) is 0 Å². The van der Waals surface area contributed by atoms with Crippen LogP contribution in [0.3, 0.4) is 0 Å². The van der Waals surface area contributed by atoms with Gasteiger partial charge in [-0.3, -0.25) is 9.69 Å². The van der Waals surface area contributed by atoms with E-state index in [1.165, 1.54) is 12.8 Å². The van der Waals surface area contributed by atoms with Crippen molar-refractivity contribution in [1.29, 1.82) is 0 Å². The SMILES string of the molecule is O=C(O)CC1CSCCN1Cc1nnc2n1CCCC2. The number of hydrogen-bond donors (Lipinski definition) is 1. The zero-order valence-electron chi connectivity index (χ0n) is 11.5. The number of carboxylic acid groups (broad SMARTS) is 1. The zero-order valence-corrected chi connectivity index (χ0v) is 12.3. The monoisotopic (exact) mass is 296 g/mol. The van der Waals surface area contributed by atoms with Gasteiger partial charge in [-0.2, -0.15) is 11.8 Å². The highest BCUT2D eigenvalue weighted by molar-refractivity contribution is 7.99. The van der Waals surface area contributed by atoms with E-state index >= 15 is 0 Å². The van der Waals surface area contributed by atoms with Gasteiger partial charge in [-0.15, -0.1) is 10.2 Å². The number of hydrogen-bond acceptors (Lipinski definition) is 5. The molecule has 0 spiro atoms. The number of aryl methyl sites for hydroxylation is 1. The van der Waals surface area contributed by atoms with Crippen molar-refractivity contribution >= 4 is 17.7 Å². The molecule has 1 aromatic heterocycles. The molecule has 0 radical (unpaired) electrons. The summed E-state index contributed by atoms with van der Waals surface area (Å²) in [5.74, 6) is 3.34. The molecule has 1 saturated heterocycles. The summed E-state index contributed by atoms with van der Waals surface area (Å²) >= 11 is 1.84. The van der Waals surface area contributed by atoms with Crippen molar-refractivity contribution in [2.45, 2.75) is 44.8 Å². The van der Waals surface area contributed by atoms with Crippen LogP contribution in [0.15, 0.2) is 0 Å². The summed E-state index contributed by atoms with van der Waals surface area (Å²) in [5.41, 5.74) is 0. The van der Waals surface area contributed by atoms with E-state index in [1.54, 1.807) is 0 Å². The van der Waals surface area contributed by atoms with Crippen LogP contribution >= 0.6 is 11.8 Å². The van der Waals surface area contributed by atoms with Crippen molar-refractivity contribution in [2.75, 3.05) is 18.1 Å². The molecule has 7 heteroatoms. The number of thioether (sulfide) groups is 1. The van der Waals surface area contributed by atoms with E-state index < -0.39 is 5.97 Å². The van der Waals surface area contributed by atoms with Gasteiger partial charge >= 0.3 is 5.97 Å². The smallest absolute Gasteiger partial charge is 0.304 e. The molecule has 0 aliphatic carbocycles. The summed E-state index contributed by atoms with van der Waals surface area (Å²) in [6.07, 6.45) is 3.61. The Morgan fingerprint density at radius 1 is 1.35 bits per heavy atom. The molecule has 3 rings (SSSR count). The third-order valence-electron chi connectivity index (χ3n) is 4.04. The third-order valence-corrected chi connectivity index (χ3v) is 5.13. The number of carbonyl (C=O) groups is 1. The first kappa shape index (κ1) is 13.9. The van der Waals surface area contributed by atoms with Gasteiger partial charge in [-0.05, 0) is 12.8 Å². The van der Waals surface area contributed by atoms with Gasteiger partial charge in [0.15, 0.2) is 0 Å². The maximum absolute atomic E-state index is 11.0. The highest BCUT2D eigenvalue weighted by Gasteiger charge is 2.27. The van der Waals surface area contributed by atoms with Crippen molar-refractivity contribution in [3.05, 3.63) is 11.6 Å². The maximum Gasteiger partial charge on any atom is 0.304 e. The molecular formula is C13H20N4O2S. The summed E-state index contributed by atoms with van der Waals surface area (Å²) < 4.78 is 2.23. The summed E-state index contributed by atoms with van der Waals surface area (Å²) in [5, 5.41) is 17.6. The molecule has 1 atom stereocenters. The number of fused-ring (bicyclic) bond motifs is 1. The average molecular weight is 296 g/mol. The van der Waals surface area contributed by atoms with E-state index in [4.69, 9.17) is 5.11 Å². The Balaban J connectivity index is 1.71. The second kappa shape index (κ2) is 6.13. The zero-order chi connectivity index (χ0) is 13.9. The first-order valence-corrected chi connectivity index (χ1v) is 8.34. The number of aromatic nitrogens is 3. The molecule has 2 aliphatic rings. The predicted octanol–water partition coefficient (Wildman–Crippen LogP) is 1.01. The number of nitrogens with zero attached hydrogens (tertiary/aromatic N) is 4. The van der Waals surface area contributed by atoms with Crippen molar-refractivity contribution in [3.63, 3.8) is 0 Å². The summed E-state index contributed by atoms with van der Waals surface area (Å²) in [4.78, 5) is 13.2. The van der Waals surface area contributed by atoms with Crippen LogP contribution < -0.4 is 0 Å². The molecule has 3 heterocycles. The van der Waals surface area contributed by atoms with Gasteiger partial charge in [-0.1, -0.05) is 0 Å². The van der Waals surface area contributed by atoms with Gasteiger partial charge < -0.3 is 9.67 Å². The molecular weight excluding hydrogens is 276 g/mol. The van der Waals surface area contributed by atoms with Crippen LogP contribution in [-0.4, -0.2) is 54.8 Å². The Kier molecular flexibility index (Phi) is 4.26. The van der Waals surface area contributed by atoms with E-state index in [-0.39, 0.29) is 12.5 Å². The van der Waals surface area contributed by atoms with Crippen LogP contribution in [0.1, 0.15) is 30.9 Å². The van der Waals surface area contributed by atoms with Gasteiger partial charge in [0.25, 0.3) is 0 Å². The highest BCUT2D eigenvalue weighted by Crippen LogP contribution is 2.22. The molecule has 0 amide bonds. The highest BCUT2D eigenvalue weighted by atomic mass is 32.2. The van der Waals surface area contributed by atoms with Crippen LogP contribution in [0.4, 0.5) is 0 Å². The van der Waals surface area contributed by atoms with Crippen LogP contribution in [0, 0.1) is 0 Å². The van der Waals surface area contributed by atoms with E-state index in [9.17, 15) is 4.79 Å². The molecule has 1 N–H and O–H groups in total. The third kappa shape index (κ3) is 2.98. The lowest BCUT2D eigenvalue weighted by Crippen LogP contribution is -2.43. The first-order chi connectivity index (χ1) is 9.74. The quantitative estimate of drug-likeness (QED) is 0.894. The number of aliphatic carboxylic acids is 1. The average Bonchev–Trinajstić information content (AvgIpc) is 2.84. The Hall–Kier alpha value is -1.08. The molecule has 1 aromatic rings. The van der Waals surface area contributed by atoms with E-state index in [2.05, 4.69) is 19.7 Å². The molecule has 110 valence electrons. The van der Waals surface area contributed by atoms with E-state index in [0.717, 1.165) is 49.2 Å². The molecule has 0 bridgehead atoms. The fourth-order valence-corrected chi connectivity index (χ4v) is 4.09. The molecule has 0 saturated carbocycles. The minimum atomic E-state index is -0.717. The minimum absolute atomic E-state index is 0.114. The van der Waals surface area contributed by atoms with Crippen molar-refractivity contribution in [2.24, 2.45) is 0 Å². The molecule has 1 unspecified atom stereocenters. The summed E-state index contributed by atoms with van der Waals surface area (Å²) in [7, 11) is 0. The second-order valence-corrected chi connectivity index (χ2v) is 6.59. The lowest BCUT2D eigenvalue weighted by molar-refractivity contribution is -0.138. The van der Waals surface area contributed by atoms with Gasteiger partial charge in [-0.25, -0.2) is 0 Å². The lowest BCUT2D eigenvalue weighted by Gasteiger charge is -2.34. The lowest BCUT2D eigenvalue weighted by atomic mass is 10.1. The topological polar surface area (TPSA) is 71.2 Å². The van der Waals surface area contributed by atoms with E-state index in [1.807, 2.05) is 11.8 Å². The summed E-state index contributed by atoms with van der Waals surface area (Å²) in [6.45, 7) is 2.67. The molecule has 1 fully saturated rings. The van der Waals surface area contributed by atoms with Gasteiger partial charge in [0.2, 0.25) is 0 Å². The van der Waals surface area contributed by atoms with Crippen LogP contribution in [0.2, 0.25) is 0 Å². The normalized spacial score (nSPS) is 23.5. The molecule has 20 heavy (non-hydrogen) atoms. The van der Waals surface area contributed by atoms with Crippen LogP contribution in [0.25, 0.3) is 0 Å².